The van der Waals surface area contributed by atoms with Crippen LogP contribution in [0.5, 0.6) is 0 Å². The molecule has 5 nitrogen and oxygen atoms in total. The van der Waals surface area contributed by atoms with E-state index in [1.54, 1.807) is 12.1 Å². The molecule has 0 bridgehead atoms. The van der Waals surface area contributed by atoms with Gasteiger partial charge in [-0.2, -0.15) is 4.31 Å². The average Bonchev–Trinajstić information content (AvgIpc) is 3.02. The van der Waals surface area contributed by atoms with Crippen LogP contribution in [0.4, 0.5) is 0 Å². The number of rotatable bonds is 5. The van der Waals surface area contributed by atoms with Crippen molar-refractivity contribution in [3.63, 3.8) is 0 Å². The molecule has 0 aromatic carbocycles. The van der Waals surface area contributed by atoms with E-state index in [0.717, 1.165) is 15.6 Å². The molecule has 2 rings (SSSR count). The first kappa shape index (κ1) is 16.5. The highest BCUT2D eigenvalue weighted by molar-refractivity contribution is 7.92. The number of thiophene rings is 1. The van der Waals surface area contributed by atoms with Crippen molar-refractivity contribution in [2.24, 2.45) is 0 Å². The fourth-order valence-corrected chi connectivity index (χ4v) is 7.12. The van der Waals surface area contributed by atoms with Gasteiger partial charge < -0.3 is 0 Å². The first-order valence-electron chi connectivity index (χ1n) is 6.54. The third-order valence-electron chi connectivity index (χ3n) is 3.41. The fraction of sp³-hybridized carbons (Fsp3) is 0.538. The molecule has 1 unspecified atom stereocenters. The molecule has 0 N–H and O–H groups in total. The predicted octanol–water partition coefficient (Wildman–Crippen LogP) is 1.12. The van der Waals surface area contributed by atoms with E-state index in [1.807, 2.05) is 6.92 Å². The smallest absolute Gasteiger partial charge is 0.229 e. The second kappa shape index (κ2) is 6.08. The van der Waals surface area contributed by atoms with Gasteiger partial charge in [0.1, 0.15) is 4.21 Å². The minimum Gasteiger partial charge on any atom is -0.229 e. The van der Waals surface area contributed by atoms with E-state index in [1.165, 1.54) is 11.3 Å². The van der Waals surface area contributed by atoms with Crippen molar-refractivity contribution < 1.29 is 16.8 Å². The summed E-state index contributed by atoms with van der Waals surface area (Å²) in [7, 11) is -6.91. The third kappa shape index (κ3) is 3.48. The van der Waals surface area contributed by atoms with Crippen molar-refractivity contribution in [2.75, 3.05) is 18.1 Å². The standard InChI is InChI=1S/C13H17NO4S3/c1-3-8-14(11-7-9-20(15,16)10-11)21(17,18)13-6-5-12(4-2)19-13/h1,5-6,11H,4,7-10H2,2H3. The van der Waals surface area contributed by atoms with Gasteiger partial charge in [-0.3, -0.25) is 0 Å². The van der Waals surface area contributed by atoms with Gasteiger partial charge in [0.2, 0.25) is 0 Å². The van der Waals surface area contributed by atoms with E-state index in [-0.39, 0.29) is 22.3 Å². The summed E-state index contributed by atoms with van der Waals surface area (Å²) in [4.78, 5) is 0.966. The van der Waals surface area contributed by atoms with Crippen LogP contribution >= 0.6 is 11.3 Å². The van der Waals surface area contributed by atoms with Gasteiger partial charge in [0.05, 0.1) is 18.1 Å². The van der Waals surface area contributed by atoms with E-state index in [0.29, 0.717) is 6.42 Å². The van der Waals surface area contributed by atoms with Crippen molar-refractivity contribution in [3.8, 4) is 12.3 Å². The molecule has 0 amide bonds. The topological polar surface area (TPSA) is 71.5 Å². The van der Waals surface area contributed by atoms with Gasteiger partial charge in [0.15, 0.2) is 9.84 Å². The molecule has 1 atom stereocenters. The number of sulfonamides is 1. The maximum absolute atomic E-state index is 12.7. The molecule has 1 fully saturated rings. The van der Waals surface area contributed by atoms with E-state index < -0.39 is 25.9 Å². The Morgan fingerprint density at radius 2 is 2.19 bits per heavy atom. The van der Waals surface area contributed by atoms with Gasteiger partial charge in [0, 0.05) is 10.9 Å². The van der Waals surface area contributed by atoms with Gasteiger partial charge in [-0.15, -0.1) is 17.8 Å². The lowest BCUT2D eigenvalue weighted by atomic mass is 10.3. The lowest BCUT2D eigenvalue weighted by Gasteiger charge is -2.24. The number of nitrogens with zero attached hydrogens (tertiary/aromatic N) is 1. The molecule has 1 aliphatic rings. The van der Waals surface area contributed by atoms with Crippen molar-refractivity contribution in [2.45, 2.75) is 30.0 Å². The first-order chi connectivity index (χ1) is 9.80. The number of hydrogen-bond acceptors (Lipinski definition) is 5. The number of sulfone groups is 1. The molecule has 1 aromatic heterocycles. The van der Waals surface area contributed by atoms with Gasteiger partial charge >= 0.3 is 0 Å². The summed E-state index contributed by atoms with van der Waals surface area (Å²) in [5, 5.41) is 0. The zero-order valence-corrected chi connectivity index (χ0v) is 14.1. The Hall–Kier alpha value is -0.880. The zero-order chi connectivity index (χ0) is 15.7. The highest BCUT2D eigenvalue weighted by Crippen LogP contribution is 2.29. The highest BCUT2D eigenvalue weighted by atomic mass is 32.2. The second-order valence-corrected chi connectivity index (χ2v) is 10.4. The molecule has 0 saturated carbocycles. The van der Waals surface area contributed by atoms with Crippen LogP contribution in [-0.2, 0) is 26.3 Å². The SMILES string of the molecule is C#CCN(C1CCS(=O)(=O)C1)S(=O)(=O)c1ccc(CC)s1. The minimum atomic E-state index is -3.74. The molecule has 0 spiro atoms. The van der Waals surface area contributed by atoms with Crippen LogP contribution in [-0.4, -0.2) is 45.2 Å². The Kier molecular flexibility index (Phi) is 4.78. The Labute approximate surface area is 129 Å². The molecule has 1 saturated heterocycles. The van der Waals surface area contributed by atoms with Crippen LogP contribution in [0.2, 0.25) is 0 Å². The summed E-state index contributed by atoms with van der Waals surface area (Å²) in [5.41, 5.74) is 0. The summed E-state index contributed by atoms with van der Waals surface area (Å²) in [6.07, 6.45) is 6.33. The van der Waals surface area contributed by atoms with Gasteiger partial charge in [0.25, 0.3) is 10.0 Å². The number of aryl methyl sites for hydroxylation is 1. The average molecular weight is 347 g/mol. The van der Waals surface area contributed by atoms with Crippen molar-refractivity contribution in [3.05, 3.63) is 17.0 Å². The first-order valence-corrected chi connectivity index (χ1v) is 10.6. The molecule has 0 aliphatic carbocycles. The van der Waals surface area contributed by atoms with Crippen LogP contribution in [0, 0.1) is 12.3 Å². The molecule has 0 radical (unpaired) electrons. The van der Waals surface area contributed by atoms with Crippen molar-refractivity contribution >= 4 is 31.2 Å². The Balaban J connectivity index is 2.35. The lowest BCUT2D eigenvalue weighted by Crippen LogP contribution is -2.41. The largest absolute Gasteiger partial charge is 0.253 e. The maximum Gasteiger partial charge on any atom is 0.253 e. The van der Waals surface area contributed by atoms with Crippen LogP contribution in [0.1, 0.15) is 18.2 Å². The maximum atomic E-state index is 12.7. The van der Waals surface area contributed by atoms with Crippen molar-refractivity contribution in [1.82, 2.24) is 4.31 Å². The second-order valence-electron chi connectivity index (χ2n) is 4.89. The van der Waals surface area contributed by atoms with Crippen LogP contribution in [0.15, 0.2) is 16.3 Å². The molecule has 8 heteroatoms. The Bertz CT molecular complexity index is 756. The van der Waals surface area contributed by atoms with Gasteiger partial charge in [-0.25, -0.2) is 16.8 Å². The summed E-state index contributed by atoms with van der Waals surface area (Å²) in [5.74, 6) is 2.19. The van der Waals surface area contributed by atoms with E-state index in [4.69, 9.17) is 6.42 Å². The van der Waals surface area contributed by atoms with Gasteiger partial charge in [-0.1, -0.05) is 12.8 Å². The Morgan fingerprint density at radius 3 is 2.67 bits per heavy atom. The van der Waals surface area contributed by atoms with E-state index in [2.05, 4.69) is 5.92 Å². The molecule has 1 aliphatic heterocycles. The fourth-order valence-electron chi connectivity index (χ4n) is 2.31. The monoisotopic (exact) mass is 347 g/mol. The summed E-state index contributed by atoms with van der Waals surface area (Å²) in [6, 6.07) is 2.77. The third-order valence-corrected chi connectivity index (χ3v) is 8.76. The number of hydrogen-bond donors (Lipinski definition) is 0. The van der Waals surface area contributed by atoms with Gasteiger partial charge in [-0.05, 0) is 25.0 Å². The molecular weight excluding hydrogens is 330 g/mol. The summed E-state index contributed by atoms with van der Waals surface area (Å²) >= 11 is 1.21. The normalized spacial score (nSPS) is 21.5. The quantitative estimate of drug-likeness (QED) is 0.749. The van der Waals surface area contributed by atoms with Crippen LogP contribution in [0.25, 0.3) is 0 Å². The predicted molar refractivity (Wildman–Crippen MR) is 83.5 cm³/mol. The summed E-state index contributed by atoms with van der Waals surface area (Å²) < 4.78 is 50.0. The van der Waals surface area contributed by atoms with Crippen molar-refractivity contribution in [1.29, 1.82) is 0 Å². The summed E-state index contributed by atoms with van der Waals surface area (Å²) in [6.45, 7) is 1.84. The Morgan fingerprint density at radius 1 is 1.48 bits per heavy atom. The minimum absolute atomic E-state index is 0.0128. The van der Waals surface area contributed by atoms with E-state index >= 15 is 0 Å². The lowest BCUT2D eigenvalue weighted by molar-refractivity contribution is 0.372. The molecular formula is C13H17NO4S3. The van der Waals surface area contributed by atoms with E-state index in [9.17, 15) is 16.8 Å². The molecule has 21 heavy (non-hydrogen) atoms. The molecule has 1 aromatic rings. The zero-order valence-electron chi connectivity index (χ0n) is 11.6. The van der Waals surface area contributed by atoms with Crippen LogP contribution in [0.3, 0.4) is 0 Å². The van der Waals surface area contributed by atoms with Crippen LogP contribution < -0.4 is 0 Å². The highest BCUT2D eigenvalue weighted by Gasteiger charge is 2.38. The number of terminal acetylenes is 1. The molecule has 2 heterocycles. The molecule has 116 valence electrons.